The molecule has 2 aromatic carbocycles. The van der Waals surface area contributed by atoms with Gasteiger partial charge < -0.3 is 19.1 Å². The lowest BCUT2D eigenvalue weighted by molar-refractivity contribution is -0.173. The molecule has 1 saturated heterocycles. The molecule has 3 aliphatic carbocycles. The zero-order valence-electron chi connectivity index (χ0n) is 20.2. The predicted molar refractivity (Wildman–Crippen MR) is 131 cm³/mol. The Kier molecular flexibility index (Phi) is 3.60. The van der Waals surface area contributed by atoms with E-state index in [2.05, 4.69) is 53.8 Å². The molecule has 1 spiro atoms. The quantitative estimate of drug-likeness (QED) is 0.642. The zero-order valence-corrected chi connectivity index (χ0v) is 20.2. The van der Waals surface area contributed by atoms with Crippen molar-refractivity contribution in [3.8, 4) is 11.5 Å². The van der Waals surface area contributed by atoms with E-state index in [1.807, 2.05) is 0 Å². The van der Waals surface area contributed by atoms with Crippen molar-refractivity contribution in [2.45, 2.75) is 62.2 Å². The second-order valence-corrected chi connectivity index (χ2v) is 11.5. The van der Waals surface area contributed by atoms with E-state index < -0.39 is 11.0 Å². The number of para-hydroxylation sites is 1. The standard InChI is InChI=1S/C29H32N2O3/c1-16-5-4-6-19-20-14-29(32)22-13-18-9-10-21(33-3)26-23(18)28(29,11-12-31(22)15-17-7-8-17)27(34-26)25(20)30(2)24(16)19/h4-6,9-10,17,22,27,32H,7-8,11-15H2,1-3H3/t22-,27+,28+,29-/m1/s1. The Hall–Kier alpha value is -2.50. The van der Waals surface area contributed by atoms with Crippen LogP contribution in [0.3, 0.4) is 0 Å². The van der Waals surface area contributed by atoms with Crippen molar-refractivity contribution in [1.29, 1.82) is 0 Å². The summed E-state index contributed by atoms with van der Waals surface area (Å²) in [6.07, 6.45) is 4.96. The van der Waals surface area contributed by atoms with E-state index >= 15 is 0 Å². The molecule has 3 heterocycles. The third-order valence-electron chi connectivity index (χ3n) is 9.98. The monoisotopic (exact) mass is 456 g/mol. The molecule has 176 valence electrons. The summed E-state index contributed by atoms with van der Waals surface area (Å²) in [5.41, 5.74) is 6.34. The number of aliphatic hydroxyl groups is 1. The van der Waals surface area contributed by atoms with Crippen LogP contribution >= 0.6 is 0 Å². The summed E-state index contributed by atoms with van der Waals surface area (Å²) in [6, 6.07) is 11.0. The molecule has 0 radical (unpaired) electrons. The first-order valence-electron chi connectivity index (χ1n) is 12.9. The second-order valence-electron chi connectivity index (χ2n) is 11.5. The lowest BCUT2D eigenvalue weighted by Crippen LogP contribution is -2.74. The first-order valence-corrected chi connectivity index (χ1v) is 12.9. The van der Waals surface area contributed by atoms with Crippen molar-refractivity contribution in [3.05, 3.63) is 58.3 Å². The number of nitrogens with zero attached hydrogens (tertiary/aromatic N) is 2. The number of piperidine rings is 1. The SMILES string of the molecule is COc1ccc2c3c1O[C@H]1c4c(c5cccc(C)c5n4C)C[C@@]4(O)[C@@H](C2)N(CC2CC2)CC[C@]314. The molecule has 2 aliphatic heterocycles. The number of ether oxygens (including phenoxy) is 2. The van der Waals surface area contributed by atoms with E-state index in [9.17, 15) is 5.11 Å². The molecule has 2 fully saturated rings. The molecule has 0 unspecified atom stereocenters. The topological polar surface area (TPSA) is 46.9 Å². The molecule has 1 N–H and O–H groups in total. The number of methoxy groups -OCH3 is 1. The number of aromatic nitrogens is 1. The number of aryl methyl sites for hydroxylation is 2. The largest absolute Gasteiger partial charge is 0.493 e. The Morgan fingerprint density at radius 2 is 2.06 bits per heavy atom. The van der Waals surface area contributed by atoms with Crippen LogP contribution in [0.4, 0.5) is 0 Å². The summed E-state index contributed by atoms with van der Waals surface area (Å²) < 4.78 is 15.1. The van der Waals surface area contributed by atoms with Crippen molar-refractivity contribution < 1.29 is 14.6 Å². The van der Waals surface area contributed by atoms with E-state index in [0.29, 0.717) is 6.42 Å². The van der Waals surface area contributed by atoms with Crippen LogP contribution in [-0.4, -0.2) is 46.4 Å². The summed E-state index contributed by atoms with van der Waals surface area (Å²) in [7, 11) is 3.91. The van der Waals surface area contributed by atoms with Gasteiger partial charge in [-0.2, -0.15) is 0 Å². The summed E-state index contributed by atoms with van der Waals surface area (Å²) >= 11 is 0. The smallest absolute Gasteiger partial charge is 0.166 e. The van der Waals surface area contributed by atoms with Gasteiger partial charge in [-0.1, -0.05) is 24.3 Å². The second kappa shape index (κ2) is 6.19. The summed E-state index contributed by atoms with van der Waals surface area (Å²) in [4.78, 5) is 2.63. The minimum absolute atomic E-state index is 0.119. The maximum Gasteiger partial charge on any atom is 0.166 e. The fraction of sp³-hybridized carbons (Fsp3) is 0.517. The molecular weight excluding hydrogens is 424 g/mol. The van der Waals surface area contributed by atoms with E-state index in [0.717, 1.165) is 43.3 Å². The van der Waals surface area contributed by atoms with E-state index in [1.54, 1.807) is 7.11 Å². The Morgan fingerprint density at radius 3 is 2.85 bits per heavy atom. The highest BCUT2D eigenvalue weighted by Gasteiger charge is 2.73. The minimum Gasteiger partial charge on any atom is -0.493 e. The number of benzene rings is 2. The molecule has 34 heavy (non-hydrogen) atoms. The van der Waals surface area contributed by atoms with Gasteiger partial charge >= 0.3 is 0 Å². The number of fused-ring (bicyclic) bond motifs is 4. The van der Waals surface area contributed by atoms with Gasteiger partial charge in [0.05, 0.1) is 29.3 Å². The van der Waals surface area contributed by atoms with Gasteiger partial charge in [0.25, 0.3) is 0 Å². The van der Waals surface area contributed by atoms with Gasteiger partial charge in [-0.25, -0.2) is 0 Å². The Balaban J connectivity index is 1.44. The molecule has 1 aromatic heterocycles. The van der Waals surface area contributed by atoms with Crippen LogP contribution in [0.1, 0.15) is 53.3 Å². The van der Waals surface area contributed by atoms with Crippen LogP contribution in [0, 0.1) is 12.8 Å². The highest BCUT2D eigenvalue weighted by atomic mass is 16.5. The molecule has 5 aliphatic rings. The third kappa shape index (κ3) is 2.07. The fourth-order valence-corrected chi connectivity index (χ4v) is 8.40. The Morgan fingerprint density at radius 1 is 1.21 bits per heavy atom. The van der Waals surface area contributed by atoms with Crippen molar-refractivity contribution in [1.82, 2.24) is 9.47 Å². The molecule has 8 rings (SSSR count). The number of hydrogen-bond acceptors (Lipinski definition) is 4. The molecule has 2 bridgehead atoms. The highest BCUT2D eigenvalue weighted by molar-refractivity contribution is 5.89. The van der Waals surface area contributed by atoms with Crippen LogP contribution in [0.15, 0.2) is 30.3 Å². The first-order chi connectivity index (χ1) is 16.5. The first kappa shape index (κ1) is 19.8. The molecule has 3 aromatic rings. The number of rotatable bonds is 3. The van der Waals surface area contributed by atoms with Gasteiger partial charge in [-0.3, -0.25) is 4.90 Å². The lowest BCUT2D eigenvalue weighted by atomic mass is 9.49. The molecule has 4 atom stereocenters. The normalized spacial score (nSPS) is 32.9. The maximum absolute atomic E-state index is 13.0. The zero-order chi connectivity index (χ0) is 23.0. The van der Waals surface area contributed by atoms with E-state index in [-0.39, 0.29) is 12.1 Å². The Labute approximate surface area is 200 Å². The molecular formula is C29H32N2O3. The Bertz CT molecular complexity index is 1390. The summed E-state index contributed by atoms with van der Waals surface area (Å²) in [6.45, 7) is 4.33. The van der Waals surface area contributed by atoms with Crippen LogP contribution < -0.4 is 9.47 Å². The molecule has 5 nitrogen and oxygen atoms in total. The van der Waals surface area contributed by atoms with Crippen LogP contribution in [0.2, 0.25) is 0 Å². The third-order valence-corrected chi connectivity index (χ3v) is 9.98. The van der Waals surface area contributed by atoms with Gasteiger partial charge in [-0.05, 0) is 67.8 Å². The van der Waals surface area contributed by atoms with Crippen molar-refractivity contribution in [3.63, 3.8) is 0 Å². The molecule has 0 amide bonds. The van der Waals surface area contributed by atoms with Crippen molar-refractivity contribution in [2.24, 2.45) is 13.0 Å². The minimum atomic E-state index is -0.861. The summed E-state index contributed by atoms with van der Waals surface area (Å²) in [5.74, 6) is 2.47. The van der Waals surface area contributed by atoms with Crippen molar-refractivity contribution >= 4 is 10.9 Å². The lowest BCUT2D eigenvalue weighted by Gasteiger charge is -2.63. The van der Waals surface area contributed by atoms with Crippen LogP contribution in [0.25, 0.3) is 10.9 Å². The summed E-state index contributed by atoms with van der Waals surface area (Å²) in [5, 5.41) is 14.3. The van der Waals surface area contributed by atoms with E-state index in [4.69, 9.17) is 9.47 Å². The average Bonchev–Trinajstić information content (AvgIpc) is 3.50. The van der Waals surface area contributed by atoms with Gasteiger partial charge in [0.15, 0.2) is 17.6 Å². The molecule has 5 heteroatoms. The highest BCUT2D eigenvalue weighted by Crippen LogP contribution is 2.69. The van der Waals surface area contributed by atoms with Gasteiger partial charge in [0.2, 0.25) is 0 Å². The van der Waals surface area contributed by atoms with Crippen LogP contribution in [0.5, 0.6) is 11.5 Å². The number of hydrogen-bond donors (Lipinski definition) is 1. The van der Waals surface area contributed by atoms with Crippen molar-refractivity contribution in [2.75, 3.05) is 20.2 Å². The fourth-order valence-electron chi connectivity index (χ4n) is 8.40. The number of likely N-dealkylation sites (tertiary alicyclic amines) is 1. The van der Waals surface area contributed by atoms with Gasteiger partial charge in [0.1, 0.15) is 0 Å². The average molecular weight is 457 g/mol. The molecule has 1 saturated carbocycles. The maximum atomic E-state index is 13.0. The van der Waals surface area contributed by atoms with Gasteiger partial charge in [0, 0.05) is 37.0 Å². The van der Waals surface area contributed by atoms with Crippen LogP contribution in [-0.2, 0) is 25.3 Å². The van der Waals surface area contributed by atoms with Gasteiger partial charge in [-0.15, -0.1) is 0 Å². The van der Waals surface area contributed by atoms with E-state index in [1.165, 1.54) is 51.7 Å². The predicted octanol–water partition coefficient (Wildman–Crippen LogP) is 4.19.